The van der Waals surface area contributed by atoms with Crippen molar-refractivity contribution in [3.63, 3.8) is 0 Å². The van der Waals surface area contributed by atoms with Gasteiger partial charge in [0.15, 0.2) is 0 Å². The maximum Gasteiger partial charge on any atom is 0.0737 e. The highest BCUT2D eigenvalue weighted by atomic mass is 35.5. The maximum atomic E-state index is 6.12. The van der Waals surface area contributed by atoms with Crippen molar-refractivity contribution < 1.29 is 0 Å². The molecule has 2 N–H and O–H groups in total. The molecule has 4 nitrogen and oxygen atoms in total. The first-order chi connectivity index (χ1) is 14.6. The molecule has 2 unspecified atom stereocenters. The van der Waals surface area contributed by atoms with Crippen LogP contribution in [0.1, 0.15) is 38.8 Å². The summed E-state index contributed by atoms with van der Waals surface area (Å²) in [5.74, 6) is 0. The highest BCUT2D eigenvalue weighted by molar-refractivity contribution is 6.31. The zero-order chi connectivity index (χ0) is 21.3. The van der Waals surface area contributed by atoms with Gasteiger partial charge >= 0.3 is 0 Å². The molecule has 0 aliphatic carbocycles. The normalized spacial score (nSPS) is 13.5. The van der Waals surface area contributed by atoms with E-state index < -0.39 is 0 Å². The van der Waals surface area contributed by atoms with Gasteiger partial charge in [-0.25, -0.2) is 0 Å². The van der Waals surface area contributed by atoms with Crippen molar-refractivity contribution in [1.82, 2.24) is 15.2 Å². The Morgan fingerprint density at radius 3 is 2.53 bits per heavy atom. The van der Waals surface area contributed by atoms with Crippen LogP contribution in [-0.4, -0.2) is 42.1 Å². The van der Waals surface area contributed by atoms with Crippen molar-refractivity contribution >= 4 is 28.2 Å². The van der Waals surface area contributed by atoms with Gasteiger partial charge in [-0.1, -0.05) is 55.8 Å². The molecule has 3 aromatic rings. The smallest absolute Gasteiger partial charge is 0.0737 e. The molecule has 0 amide bonds. The predicted octanol–water partition coefficient (Wildman–Crippen LogP) is 5.75. The lowest BCUT2D eigenvalue weighted by Crippen LogP contribution is -2.35. The number of benzene rings is 2. The summed E-state index contributed by atoms with van der Waals surface area (Å²) in [4.78, 5) is 6.92. The summed E-state index contributed by atoms with van der Waals surface area (Å²) >= 11 is 6.12. The van der Waals surface area contributed by atoms with Crippen molar-refractivity contribution in [1.29, 1.82) is 0 Å². The fourth-order valence-corrected chi connectivity index (χ4v) is 3.97. The van der Waals surface area contributed by atoms with E-state index in [4.69, 9.17) is 11.6 Å². The van der Waals surface area contributed by atoms with Crippen LogP contribution in [0.25, 0.3) is 10.9 Å². The standard InChI is InChI=1S/C25H33ClN4/c1-4-30(5-2)16-14-23(20-9-7-6-8-10-20)28-18-19(3)29-24-13-15-27-25-17-21(26)11-12-22(24)25/h6-13,15,17,19,23,28H,4-5,14,16,18H2,1-3H3,(H,27,29). The number of aromatic nitrogens is 1. The summed E-state index contributed by atoms with van der Waals surface area (Å²) < 4.78 is 0. The number of nitrogens with zero attached hydrogens (tertiary/aromatic N) is 2. The zero-order valence-electron chi connectivity index (χ0n) is 18.2. The van der Waals surface area contributed by atoms with Crippen LogP contribution in [0.15, 0.2) is 60.8 Å². The Kier molecular flexibility index (Phi) is 8.50. The summed E-state index contributed by atoms with van der Waals surface area (Å²) in [5, 5.41) is 9.23. The molecule has 0 fully saturated rings. The van der Waals surface area contributed by atoms with Gasteiger partial charge in [-0.3, -0.25) is 4.98 Å². The van der Waals surface area contributed by atoms with Gasteiger partial charge in [0.05, 0.1) is 5.52 Å². The van der Waals surface area contributed by atoms with Gasteiger partial charge in [-0.2, -0.15) is 0 Å². The highest BCUT2D eigenvalue weighted by Gasteiger charge is 2.14. The third-order valence-electron chi connectivity index (χ3n) is 5.61. The quantitative estimate of drug-likeness (QED) is 0.411. The Balaban J connectivity index is 1.64. The van der Waals surface area contributed by atoms with E-state index in [2.05, 4.69) is 71.6 Å². The summed E-state index contributed by atoms with van der Waals surface area (Å²) in [6.45, 7) is 10.8. The number of halogens is 1. The van der Waals surface area contributed by atoms with Gasteiger partial charge in [0, 0.05) is 40.9 Å². The van der Waals surface area contributed by atoms with Crippen molar-refractivity contribution in [3.8, 4) is 0 Å². The van der Waals surface area contributed by atoms with Crippen LogP contribution in [0, 0.1) is 0 Å². The second-order valence-electron chi connectivity index (χ2n) is 7.75. The van der Waals surface area contributed by atoms with Gasteiger partial charge in [0.1, 0.15) is 0 Å². The molecule has 1 heterocycles. The Morgan fingerprint density at radius 2 is 1.80 bits per heavy atom. The summed E-state index contributed by atoms with van der Waals surface area (Å²) in [7, 11) is 0. The first kappa shape index (κ1) is 22.5. The van der Waals surface area contributed by atoms with Gasteiger partial charge < -0.3 is 15.5 Å². The van der Waals surface area contributed by atoms with E-state index in [1.54, 1.807) is 0 Å². The summed E-state index contributed by atoms with van der Waals surface area (Å²) in [6.07, 6.45) is 2.92. The van der Waals surface area contributed by atoms with E-state index in [1.807, 2.05) is 30.5 Å². The van der Waals surface area contributed by atoms with Gasteiger partial charge in [0.25, 0.3) is 0 Å². The Bertz CT molecular complexity index is 911. The number of anilines is 1. The van der Waals surface area contributed by atoms with Crippen molar-refractivity contribution in [2.24, 2.45) is 0 Å². The van der Waals surface area contributed by atoms with E-state index in [9.17, 15) is 0 Å². The number of hydrogen-bond donors (Lipinski definition) is 2. The van der Waals surface area contributed by atoms with Gasteiger partial charge in [-0.05, 0) is 62.8 Å². The van der Waals surface area contributed by atoms with Gasteiger partial charge in [-0.15, -0.1) is 0 Å². The molecule has 2 atom stereocenters. The molecule has 0 saturated carbocycles. The first-order valence-corrected chi connectivity index (χ1v) is 11.3. The lowest BCUT2D eigenvalue weighted by Gasteiger charge is -2.26. The molecule has 160 valence electrons. The van der Waals surface area contributed by atoms with Gasteiger partial charge in [0.2, 0.25) is 0 Å². The maximum absolute atomic E-state index is 6.12. The van der Waals surface area contributed by atoms with Crippen LogP contribution in [0.5, 0.6) is 0 Å². The molecule has 0 radical (unpaired) electrons. The minimum absolute atomic E-state index is 0.269. The summed E-state index contributed by atoms with van der Waals surface area (Å²) in [6, 6.07) is 19.3. The molecule has 2 aromatic carbocycles. The molecular formula is C25H33ClN4. The number of pyridine rings is 1. The van der Waals surface area contributed by atoms with E-state index >= 15 is 0 Å². The lowest BCUT2D eigenvalue weighted by molar-refractivity contribution is 0.281. The van der Waals surface area contributed by atoms with E-state index in [-0.39, 0.29) is 6.04 Å². The molecule has 0 spiro atoms. The van der Waals surface area contributed by atoms with Crippen LogP contribution >= 0.6 is 11.6 Å². The molecule has 1 aromatic heterocycles. The molecule has 0 aliphatic rings. The average Bonchev–Trinajstić information content (AvgIpc) is 2.77. The van der Waals surface area contributed by atoms with Crippen LogP contribution < -0.4 is 10.6 Å². The van der Waals surface area contributed by atoms with E-state index in [0.29, 0.717) is 11.1 Å². The minimum Gasteiger partial charge on any atom is -0.381 e. The molecule has 30 heavy (non-hydrogen) atoms. The van der Waals surface area contributed by atoms with Crippen molar-refractivity contribution in [2.45, 2.75) is 39.3 Å². The Hall–Kier alpha value is -2.14. The van der Waals surface area contributed by atoms with Crippen LogP contribution in [0.3, 0.4) is 0 Å². The molecule has 0 saturated heterocycles. The second-order valence-corrected chi connectivity index (χ2v) is 8.19. The van der Waals surface area contributed by atoms with Crippen LogP contribution in [0.4, 0.5) is 5.69 Å². The molecule has 5 heteroatoms. The third kappa shape index (κ3) is 6.18. The topological polar surface area (TPSA) is 40.2 Å². The molecule has 0 aliphatic heterocycles. The molecular weight excluding hydrogens is 392 g/mol. The second kappa shape index (κ2) is 11.3. The molecule has 3 rings (SSSR count). The van der Waals surface area contributed by atoms with E-state index in [0.717, 1.165) is 49.2 Å². The number of hydrogen-bond acceptors (Lipinski definition) is 4. The van der Waals surface area contributed by atoms with Crippen LogP contribution in [-0.2, 0) is 0 Å². The third-order valence-corrected chi connectivity index (χ3v) is 5.84. The number of rotatable bonds is 11. The monoisotopic (exact) mass is 424 g/mol. The van der Waals surface area contributed by atoms with E-state index in [1.165, 1.54) is 5.56 Å². The highest BCUT2D eigenvalue weighted by Crippen LogP contribution is 2.25. The van der Waals surface area contributed by atoms with Crippen molar-refractivity contribution in [3.05, 3.63) is 71.4 Å². The summed E-state index contributed by atoms with van der Waals surface area (Å²) in [5.41, 5.74) is 3.35. The lowest BCUT2D eigenvalue weighted by atomic mass is 10.0. The Labute approximate surface area is 185 Å². The minimum atomic E-state index is 0.269. The predicted molar refractivity (Wildman–Crippen MR) is 129 cm³/mol. The average molecular weight is 425 g/mol. The van der Waals surface area contributed by atoms with Crippen LogP contribution in [0.2, 0.25) is 5.02 Å². The first-order valence-electron chi connectivity index (χ1n) is 10.9. The largest absolute Gasteiger partial charge is 0.381 e. The Morgan fingerprint density at radius 1 is 1.03 bits per heavy atom. The molecule has 0 bridgehead atoms. The number of fused-ring (bicyclic) bond motifs is 1. The fourth-order valence-electron chi connectivity index (χ4n) is 3.81. The SMILES string of the molecule is CCN(CC)CCC(NCC(C)Nc1ccnc2cc(Cl)ccc12)c1ccccc1. The number of nitrogens with one attached hydrogen (secondary N) is 2. The zero-order valence-corrected chi connectivity index (χ0v) is 19.0. The van der Waals surface area contributed by atoms with Crippen molar-refractivity contribution in [2.75, 3.05) is 31.5 Å². The fraction of sp³-hybridized carbons (Fsp3) is 0.400.